The van der Waals surface area contributed by atoms with Crippen molar-refractivity contribution in [2.75, 3.05) is 6.61 Å². The van der Waals surface area contributed by atoms with Crippen molar-refractivity contribution in [1.29, 1.82) is 0 Å². The molecule has 0 aliphatic carbocycles. The van der Waals surface area contributed by atoms with E-state index >= 15 is 0 Å². The standard InChI is InChI=1S/C5H10O3.CH2O3/c1-2-3-4-8-5(6)7;2-1(3)4/h2-4H2,1H3,(H,6,7);(H2,2,3,4). The first-order valence-corrected chi connectivity index (χ1v) is 3.28. The summed E-state index contributed by atoms with van der Waals surface area (Å²) in [6, 6.07) is 0. The molecule has 0 aliphatic heterocycles. The van der Waals surface area contributed by atoms with Crippen LogP contribution in [0, 0.1) is 0 Å². The molecule has 0 spiro atoms. The molecule has 0 aromatic heterocycles. The molecular weight excluding hydrogens is 168 g/mol. The van der Waals surface area contributed by atoms with E-state index < -0.39 is 12.3 Å². The van der Waals surface area contributed by atoms with Crippen LogP contribution < -0.4 is 0 Å². The van der Waals surface area contributed by atoms with Gasteiger partial charge in [-0.2, -0.15) is 0 Å². The molecule has 0 fully saturated rings. The minimum atomic E-state index is -1.83. The van der Waals surface area contributed by atoms with Crippen LogP contribution in [0.3, 0.4) is 0 Å². The van der Waals surface area contributed by atoms with Crippen LogP contribution in [0.25, 0.3) is 0 Å². The van der Waals surface area contributed by atoms with Gasteiger partial charge in [-0.25, -0.2) is 9.59 Å². The zero-order valence-electron chi connectivity index (χ0n) is 6.69. The van der Waals surface area contributed by atoms with E-state index in [9.17, 15) is 4.79 Å². The molecule has 0 radical (unpaired) electrons. The molecule has 0 saturated heterocycles. The lowest BCUT2D eigenvalue weighted by molar-refractivity contribution is 0.0904. The lowest BCUT2D eigenvalue weighted by atomic mass is 10.4. The smallest absolute Gasteiger partial charge is 0.450 e. The molecule has 0 aromatic carbocycles. The van der Waals surface area contributed by atoms with Crippen LogP contribution in [0.4, 0.5) is 9.59 Å². The fourth-order valence-corrected chi connectivity index (χ4v) is 0.304. The van der Waals surface area contributed by atoms with Crippen LogP contribution in [0.2, 0.25) is 0 Å². The van der Waals surface area contributed by atoms with Gasteiger partial charge in [-0.3, -0.25) is 0 Å². The molecule has 0 heterocycles. The van der Waals surface area contributed by atoms with Gasteiger partial charge in [0.2, 0.25) is 0 Å². The molecule has 0 amide bonds. The Bertz CT molecular complexity index is 128. The summed E-state index contributed by atoms with van der Waals surface area (Å²) in [4.78, 5) is 18.2. The molecule has 6 heteroatoms. The summed E-state index contributed by atoms with van der Waals surface area (Å²) in [7, 11) is 0. The van der Waals surface area contributed by atoms with Gasteiger partial charge in [0.25, 0.3) is 0 Å². The second-order valence-corrected chi connectivity index (χ2v) is 1.75. The molecular formula is C6H12O6. The maximum Gasteiger partial charge on any atom is 0.505 e. The minimum Gasteiger partial charge on any atom is -0.450 e. The lowest BCUT2D eigenvalue weighted by Gasteiger charge is -1.94. The summed E-state index contributed by atoms with van der Waals surface area (Å²) in [6.45, 7) is 2.30. The predicted octanol–water partition coefficient (Wildman–Crippen LogP) is 1.70. The third kappa shape index (κ3) is 38.7. The van der Waals surface area contributed by atoms with Crippen LogP contribution in [0.15, 0.2) is 0 Å². The van der Waals surface area contributed by atoms with E-state index in [4.69, 9.17) is 20.1 Å². The summed E-state index contributed by atoms with van der Waals surface area (Å²) in [5, 5.41) is 21.9. The van der Waals surface area contributed by atoms with Gasteiger partial charge in [-0.1, -0.05) is 13.3 Å². The summed E-state index contributed by atoms with van der Waals surface area (Å²) in [5.41, 5.74) is 0. The number of unbranched alkanes of at least 4 members (excludes halogenated alkanes) is 1. The van der Waals surface area contributed by atoms with Crippen molar-refractivity contribution >= 4 is 12.3 Å². The third-order valence-corrected chi connectivity index (χ3v) is 0.723. The van der Waals surface area contributed by atoms with Crippen LogP contribution >= 0.6 is 0 Å². The number of hydrogen-bond donors (Lipinski definition) is 3. The predicted molar refractivity (Wildman–Crippen MR) is 39.5 cm³/mol. The quantitative estimate of drug-likeness (QED) is 0.451. The third-order valence-electron chi connectivity index (χ3n) is 0.723. The first kappa shape index (κ1) is 13.2. The maximum atomic E-state index is 9.65. The summed E-state index contributed by atoms with van der Waals surface area (Å²) in [6.07, 6.45) is -1.24. The Labute approximate surface area is 69.4 Å². The monoisotopic (exact) mass is 180 g/mol. The summed E-state index contributed by atoms with van der Waals surface area (Å²) >= 11 is 0. The Morgan fingerprint density at radius 3 is 1.92 bits per heavy atom. The highest BCUT2D eigenvalue weighted by Crippen LogP contribution is 1.86. The molecule has 0 saturated carbocycles. The largest absolute Gasteiger partial charge is 0.505 e. The normalized spacial score (nSPS) is 7.75. The van der Waals surface area contributed by atoms with Crippen LogP contribution in [-0.4, -0.2) is 34.2 Å². The molecule has 72 valence electrons. The molecule has 0 aromatic rings. The summed E-state index contributed by atoms with van der Waals surface area (Å²) < 4.78 is 4.20. The van der Waals surface area contributed by atoms with Crippen molar-refractivity contribution in [2.24, 2.45) is 0 Å². The number of ether oxygens (including phenoxy) is 1. The van der Waals surface area contributed by atoms with Crippen molar-refractivity contribution in [3.8, 4) is 0 Å². The van der Waals surface area contributed by atoms with Gasteiger partial charge in [-0.05, 0) is 6.42 Å². The first-order valence-electron chi connectivity index (χ1n) is 3.28. The zero-order chi connectivity index (χ0) is 9.98. The highest BCUT2D eigenvalue weighted by Gasteiger charge is 1.91. The Hall–Kier alpha value is -1.46. The van der Waals surface area contributed by atoms with Crippen LogP contribution in [0.5, 0.6) is 0 Å². The van der Waals surface area contributed by atoms with Crippen molar-refractivity contribution in [3.63, 3.8) is 0 Å². The van der Waals surface area contributed by atoms with E-state index in [1.54, 1.807) is 0 Å². The van der Waals surface area contributed by atoms with E-state index in [0.717, 1.165) is 12.8 Å². The molecule has 0 aliphatic rings. The van der Waals surface area contributed by atoms with Crippen LogP contribution in [-0.2, 0) is 4.74 Å². The van der Waals surface area contributed by atoms with Gasteiger partial charge >= 0.3 is 12.3 Å². The SMILES string of the molecule is CCCCOC(=O)O.O=C(O)O. The first-order chi connectivity index (χ1) is 5.50. The highest BCUT2D eigenvalue weighted by atomic mass is 16.7. The van der Waals surface area contributed by atoms with E-state index in [0.29, 0.717) is 6.61 Å². The van der Waals surface area contributed by atoms with E-state index in [1.165, 1.54) is 0 Å². The van der Waals surface area contributed by atoms with Crippen molar-refractivity contribution in [3.05, 3.63) is 0 Å². The highest BCUT2D eigenvalue weighted by molar-refractivity contribution is 5.56. The van der Waals surface area contributed by atoms with E-state index in [-0.39, 0.29) is 0 Å². The Kier molecular flexibility index (Phi) is 10.5. The van der Waals surface area contributed by atoms with Crippen molar-refractivity contribution in [2.45, 2.75) is 19.8 Å². The molecule has 0 rings (SSSR count). The van der Waals surface area contributed by atoms with E-state index in [2.05, 4.69) is 4.74 Å². The Morgan fingerprint density at radius 1 is 1.25 bits per heavy atom. The summed E-state index contributed by atoms with van der Waals surface area (Å²) in [5.74, 6) is 0. The molecule has 0 unspecified atom stereocenters. The number of rotatable bonds is 3. The molecule has 3 N–H and O–H groups in total. The van der Waals surface area contributed by atoms with Gasteiger partial charge in [0.05, 0.1) is 6.61 Å². The fourth-order valence-electron chi connectivity index (χ4n) is 0.304. The van der Waals surface area contributed by atoms with Gasteiger partial charge in [0.15, 0.2) is 0 Å². The van der Waals surface area contributed by atoms with Gasteiger partial charge in [-0.15, -0.1) is 0 Å². The fraction of sp³-hybridized carbons (Fsp3) is 0.667. The second-order valence-electron chi connectivity index (χ2n) is 1.75. The average Bonchev–Trinajstić information content (AvgIpc) is 1.86. The van der Waals surface area contributed by atoms with Gasteiger partial charge < -0.3 is 20.1 Å². The molecule has 12 heavy (non-hydrogen) atoms. The second kappa shape index (κ2) is 9.54. The Balaban J connectivity index is 0. The van der Waals surface area contributed by atoms with Crippen molar-refractivity contribution in [1.82, 2.24) is 0 Å². The zero-order valence-corrected chi connectivity index (χ0v) is 6.69. The topological polar surface area (TPSA) is 104 Å². The van der Waals surface area contributed by atoms with Crippen LogP contribution in [0.1, 0.15) is 19.8 Å². The van der Waals surface area contributed by atoms with E-state index in [1.807, 2.05) is 6.92 Å². The number of carbonyl (C=O) groups is 2. The lowest BCUT2D eigenvalue weighted by Crippen LogP contribution is -2.00. The molecule has 6 nitrogen and oxygen atoms in total. The number of hydrogen-bond acceptors (Lipinski definition) is 3. The average molecular weight is 180 g/mol. The number of carboxylic acid groups (broad SMARTS) is 3. The van der Waals surface area contributed by atoms with Gasteiger partial charge in [0, 0.05) is 0 Å². The molecule has 0 bridgehead atoms. The van der Waals surface area contributed by atoms with Crippen molar-refractivity contribution < 1.29 is 29.6 Å². The molecule has 0 atom stereocenters. The minimum absolute atomic E-state index is 0.325. The van der Waals surface area contributed by atoms with Gasteiger partial charge in [0.1, 0.15) is 0 Å². The maximum absolute atomic E-state index is 9.65. The Morgan fingerprint density at radius 2 is 1.67 bits per heavy atom.